The number of aryl methyl sites for hydroxylation is 1. The minimum absolute atomic E-state index is 0. The Hall–Kier alpha value is -3.99. The van der Waals surface area contributed by atoms with Crippen LogP contribution >= 0.6 is 22.7 Å². The average Bonchev–Trinajstić information content (AvgIpc) is 3.70. The average molecular weight is 828 g/mol. The Labute approximate surface area is 305 Å². The Bertz CT molecular complexity index is 2470. The molecule has 0 aliphatic carbocycles. The molecule has 0 saturated carbocycles. The Morgan fingerprint density at radius 3 is 2.38 bits per heavy atom. The monoisotopic (exact) mass is 828 g/mol. The van der Waals surface area contributed by atoms with Crippen LogP contribution in [0.4, 0.5) is 0 Å². The van der Waals surface area contributed by atoms with Gasteiger partial charge in [0.2, 0.25) is 0 Å². The van der Waals surface area contributed by atoms with E-state index in [2.05, 4.69) is 59.6 Å². The van der Waals surface area contributed by atoms with Crippen LogP contribution in [0, 0.1) is 24.4 Å². The second-order valence-corrected chi connectivity index (χ2v) is 14.1. The van der Waals surface area contributed by atoms with Crippen molar-refractivity contribution < 1.29 is 27.0 Å². The second-order valence-electron chi connectivity index (χ2n) is 12.0. The molecule has 47 heavy (non-hydrogen) atoms. The van der Waals surface area contributed by atoms with Crippen molar-refractivity contribution in [1.82, 2.24) is 9.97 Å². The number of rotatable bonds is 4. The smallest absolute Gasteiger partial charge is 0.124 e. The summed E-state index contributed by atoms with van der Waals surface area (Å²) in [6.45, 7) is 3.32. The van der Waals surface area contributed by atoms with E-state index in [1.807, 2.05) is 69.3 Å². The molecule has 3 aromatic heterocycles. The molecule has 235 valence electrons. The van der Waals surface area contributed by atoms with Crippen molar-refractivity contribution in [1.29, 1.82) is 0 Å². The third-order valence-electron chi connectivity index (χ3n) is 7.45. The molecule has 0 unspecified atom stereocenters. The van der Waals surface area contributed by atoms with Crippen LogP contribution in [0.25, 0.3) is 63.3 Å². The molecule has 5 heteroatoms. The predicted octanol–water partition coefficient (Wildman–Crippen LogP) is 12.2. The van der Waals surface area contributed by atoms with Gasteiger partial charge >= 0.3 is 0 Å². The zero-order valence-corrected chi connectivity index (χ0v) is 30.1. The summed E-state index contributed by atoms with van der Waals surface area (Å²) in [7, 11) is 0. The molecular weight excluding hydrogens is 789 g/mol. The largest absolute Gasteiger partial charge is 0.304 e. The minimum Gasteiger partial charge on any atom is -0.304 e. The van der Waals surface area contributed by atoms with E-state index in [4.69, 9.17) is 11.8 Å². The minimum atomic E-state index is -2.25. The summed E-state index contributed by atoms with van der Waals surface area (Å²) in [6.07, 6.45) is 0.0246. The third kappa shape index (κ3) is 7.30. The van der Waals surface area contributed by atoms with Gasteiger partial charge in [-0.05, 0) is 45.4 Å². The van der Waals surface area contributed by atoms with Crippen LogP contribution in [0.5, 0.6) is 0 Å². The van der Waals surface area contributed by atoms with Crippen molar-refractivity contribution in [2.24, 2.45) is 5.41 Å². The SMILES string of the molecule is [2H]C([2H])([2H])c1c[c-]c(-c2ccc(C([2H])([2H])C(C)(C)C)cn2)cc1-c1ccccc1.[Ir].[c-]1ccccc1-c1nc2sc3ccc4ccccc4c3c2s1. The number of hydrogen-bond acceptors (Lipinski definition) is 4. The number of pyridine rings is 1. The molecule has 0 aliphatic rings. The maximum absolute atomic E-state index is 8.39. The number of thiazole rings is 1. The number of aromatic nitrogens is 2. The molecule has 0 atom stereocenters. The first-order valence-corrected chi connectivity index (χ1v) is 16.7. The van der Waals surface area contributed by atoms with E-state index in [1.54, 1.807) is 47.1 Å². The van der Waals surface area contributed by atoms with Gasteiger partial charge in [-0.25, -0.2) is 0 Å². The fourth-order valence-corrected chi connectivity index (χ4v) is 7.79. The molecule has 0 amide bonds. The Morgan fingerprint density at radius 2 is 1.64 bits per heavy atom. The van der Waals surface area contributed by atoms with Crippen LogP contribution < -0.4 is 0 Å². The molecule has 8 aromatic rings. The number of nitrogens with zero attached hydrogens (tertiary/aromatic N) is 2. The van der Waals surface area contributed by atoms with Gasteiger partial charge in [0.25, 0.3) is 0 Å². The van der Waals surface area contributed by atoms with Gasteiger partial charge in [0.05, 0.1) is 4.70 Å². The molecule has 5 aromatic carbocycles. The van der Waals surface area contributed by atoms with E-state index >= 15 is 0 Å². The normalized spacial score (nSPS) is 13.5. The van der Waals surface area contributed by atoms with E-state index in [9.17, 15) is 0 Å². The van der Waals surface area contributed by atoms with Gasteiger partial charge in [-0.15, -0.1) is 76.6 Å². The summed E-state index contributed by atoms with van der Waals surface area (Å²) in [5.41, 5.74) is 3.98. The zero-order chi connectivity index (χ0) is 36.0. The van der Waals surface area contributed by atoms with E-state index in [0.29, 0.717) is 22.4 Å². The van der Waals surface area contributed by atoms with Gasteiger partial charge < -0.3 is 4.98 Å². The Morgan fingerprint density at radius 1 is 0.830 bits per heavy atom. The molecule has 3 heterocycles. The maximum Gasteiger partial charge on any atom is 0.124 e. The fraction of sp³-hybridized carbons (Fsp3) is 0.143. The standard InChI is InChI=1S/C23H24N.C19H10NS2.Ir/c1-17-10-12-20(14-21(17)19-8-6-5-7-9-19)22-13-11-18(16-24-22)15-23(2,3)4;1-2-7-13(8-3-1)18-20-19-17(22-18)16-14-9-5-4-6-12(14)10-11-15(16)21-19;/h5-11,13-14,16H,15H2,1-4H3;1-7,9-11H;/q2*-1;/i1D3,15D2;;. The van der Waals surface area contributed by atoms with E-state index in [0.717, 1.165) is 21.0 Å². The summed E-state index contributed by atoms with van der Waals surface area (Å²) < 4.78 is 42.9. The van der Waals surface area contributed by atoms with Crippen molar-refractivity contribution in [2.75, 3.05) is 0 Å². The van der Waals surface area contributed by atoms with Crippen LogP contribution in [0.1, 0.15) is 38.8 Å². The van der Waals surface area contributed by atoms with Gasteiger partial charge in [-0.3, -0.25) is 4.98 Å². The summed E-state index contributed by atoms with van der Waals surface area (Å²) in [6, 6.07) is 43.5. The number of thiophene rings is 1. The molecule has 0 spiro atoms. The van der Waals surface area contributed by atoms with Crippen LogP contribution in [0.2, 0.25) is 0 Å². The first-order chi connectivity index (χ1) is 24.3. The summed E-state index contributed by atoms with van der Waals surface area (Å²) >= 11 is 3.55. The topological polar surface area (TPSA) is 25.8 Å². The molecule has 0 bridgehead atoms. The molecule has 1 radical (unpaired) electrons. The predicted molar refractivity (Wildman–Crippen MR) is 199 cm³/mol. The Balaban J connectivity index is 0.000000180. The fourth-order valence-electron chi connectivity index (χ4n) is 5.41. The third-order valence-corrected chi connectivity index (χ3v) is 9.74. The van der Waals surface area contributed by atoms with Gasteiger partial charge in [-0.1, -0.05) is 106 Å². The molecule has 0 fully saturated rings. The van der Waals surface area contributed by atoms with Crippen molar-refractivity contribution in [3.63, 3.8) is 0 Å². The summed E-state index contributed by atoms with van der Waals surface area (Å²) in [4.78, 5) is 10.4. The quantitative estimate of drug-likeness (QED) is 0.165. The molecular formula is C42H34IrN2S2-2. The van der Waals surface area contributed by atoms with Gasteiger partial charge in [0.15, 0.2) is 0 Å². The van der Waals surface area contributed by atoms with Crippen molar-refractivity contribution in [2.45, 2.75) is 34.0 Å². The molecule has 0 N–H and O–H groups in total. The summed E-state index contributed by atoms with van der Waals surface area (Å²) in [5.74, 6) is 0. The first kappa shape index (κ1) is 27.0. The number of fused-ring (bicyclic) bond motifs is 5. The van der Waals surface area contributed by atoms with E-state index in [-0.39, 0.29) is 25.7 Å². The number of hydrogen-bond donors (Lipinski definition) is 0. The van der Waals surface area contributed by atoms with E-state index in [1.165, 1.54) is 31.6 Å². The molecule has 2 nitrogen and oxygen atoms in total. The van der Waals surface area contributed by atoms with Crippen molar-refractivity contribution in [3.8, 4) is 33.0 Å². The first-order valence-electron chi connectivity index (χ1n) is 17.6. The molecule has 0 aliphatic heterocycles. The van der Waals surface area contributed by atoms with Crippen molar-refractivity contribution >= 4 is 53.1 Å². The van der Waals surface area contributed by atoms with Gasteiger partial charge in [0.1, 0.15) is 4.83 Å². The van der Waals surface area contributed by atoms with Crippen molar-refractivity contribution in [3.05, 3.63) is 145 Å². The Kier molecular flexibility index (Phi) is 8.05. The van der Waals surface area contributed by atoms with Gasteiger partial charge in [-0.2, -0.15) is 11.3 Å². The molecule has 8 rings (SSSR count). The zero-order valence-electron chi connectivity index (χ0n) is 31.1. The van der Waals surface area contributed by atoms with Crippen LogP contribution in [0.3, 0.4) is 0 Å². The summed E-state index contributed by atoms with van der Waals surface area (Å²) in [5, 5.41) is 5.00. The van der Waals surface area contributed by atoms with Gasteiger partial charge in [0, 0.05) is 48.2 Å². The van der Waals surface area contributed by atoms with E-state index < -0.39 is 18.6 Å². The number of benzene rings is 5. The van der Waals surface area contributed by atoms with Crippen LogP contribution in [-0.2, 0) is 26.5 Å². The molecule has 0 saturated heterocycles. The second kappa shape index (κ2) is 14.0. The van der Waals surface area contributed by atoms with Crippen LogP contribution in [-0.4, -0.2) is 9.97 Å². The van der Waals surface area contributed by atoms with Crippen LogP contribution in [0.15, 0.2) is 121 Å². The maximum atomic E-state index is 8.39.